The molecule has 0 aliphatic heterocycles. The van der Waals surface area contributed by atoms with Gasteiger partial charge in [-0.25, -0.2) is 0 Å². The largest absolute Gasteiger partial charge is 0.504 e. The predicted octanol–water partition coefficient (Wildman–Crippen LogP) is 1.44. The molecule has 0 fully saturated rings. The molecular formula is C7H16O3Si. The van der Waals surface area contributed by atoms with Crippen molar-refractivity contribution in [3.05, 3.63) is 12.2 Å². The van der Waals surface area contributed by atoms with Gasteiger partial charge < -0.3 is 13.3 Å². The summed E-state index contributed by atoms with van der Waals surface area (Å²) in [6.45, 7) is 1.96. The number of hydrogen-bond donors (Lipinski definition) is 0. The summed E-state index contributed by atoms with van der Waals surface area (Å²) in [5, 5.41) is 0. The zero-order chi connectivity index (χ0) is 8.74. The minimum atomic E-state index is -2.33. The van der Waals surface area contributed by atoms with Gasteiger partial charge in [-0.2, -0.15) is 0 Å². The third kappa shape index (κ3) is 3.16. The fraction of sp³-hybridized carbons (Fsp3) is 0.714. The molecule has 0 atom stereocenters. The first-order chi connectivity index (χ1) is 5.24. The predicted molar refractivity (Wildman–Crippen MR) is 46.4 cm³/mol. The van der Waals surface area contributed by atoms with E-state index >= 15 is 0 Å². The molecule has 0 rings (SSSR count). The van der Waals surface area contributed by atoms with Crippen molar-refractivity contribution >= 4 is 8.80 Å². The number of allylic oxidation sites excluding steroid dienone is 2. The molecule has 11 heavy (non-hydrogen) atoms. The van der Waals surface area contributed by atoms with Gasteiger partial charge in [-0.05, 0) is 6.92 Å². The van der Waals surface area contributed by atoms with Gasteiger partial charge in [0, 0.05) is 27.4 Å². The van der Waals surface area contributed by atoms with Crippen molar-refractivity contribution in [2.24, 2.45) is 0 Å². The lowest BCUT2D eigenvalue weighted by molar-refractivity contribution is 0.127. The summed E-state index contributed by atoms with van der Waals surface area (Å²) in [6, 6.07) is 0.729. The minimum absolute atomic E-state index is 0.729. The summed E-state index contributed by atoms with van der Waals surface area (Å²) in [4.78, 5) is 0. The zero-order valence-electron chi connectivity index (χ0n) is 7.59. The fourth-order valence-electron chi connectivity index (χ4n) is 0.762. The van der Waals surface area contributed by atoms with E-state index in [2.05, 4.69) is 0 Å². The van der Waals surface area contributed by atoms with Crippen LogP contribution in [-0.2, 0) is 13.3 Å². The first kappa shape index (κ1) is 10.8. The molecule has 0 aliphatic rings. The summed E-state index contributed by atoms with van der Waals surface area (Å²) >= 11 is 0. The van der Waals surface area contributed by atoms with Crippen molar-refractivity contribution in [3.8, 4) is 0 Å². The second-order valence-corrected chi connectivity index (χ2v) is 5.07. The van der Waals surface area contributed by atoms with Gasteiger partial charge in [0.15, 0.2) is 0 Å². The highest BCUT2D eigenvalue weighted by atomic mass is 28.4. The third-order valence-corrected chi connectivity index (χ3v) is 4.14. The van der Waals surface area contributed by atoms with Gasteiger partial charge in [0.25, 0.3) is 0 Å². The number of hydrogen-bond acceptors (Lipinski definition) is 3. The van der Waals surface area contributed by atoms with Crippen molar-refractivity contribution in [2.45, 2.75) is 13.0 Å². The Morgan fingerprint density at radius 1 is 1.09 bits per heavy atom. The average molecular weight is 176 g/mol. The molecule has 0 aromatic rings. The van der Waals surface area contributed by atoms with Crippen molar-refractivity contribution < 1.29 is 13.3 Å². The topological polar surface area (TPSA) is 27.7 Å². The van der Waals surface area contributed by atoms with E-state index in [1.54, 1.807) is 21.3 Å². The van der Waals surface area contributed by atoms with E-state index in [4.69, 9.17) is 13.3 Å². The molecule has 0 amide bonds. The molecule has 0 N–H and O–H groups in total. The molecule has 0 heterocycles. The van der Waals surface area contributed by atoms with E-state index in [1.165, 1.54) is 0 Å². The monoisotopic (exact) mass is 176 g/mol. The van der Waals surface area contributed by atoms with Crippen LogP contribution in [0.1, 0.15) is 6.92 Å². The molecule has 0 saturated carbocycles. The van der Waals surface area contributed by atoms with E-state index < -0.39 is 8.80 Å². The highest BCUT2D eigenvalue weighted by molar-refractivity contribution is 6.61. The lowest BCUT2D eigenvalue weighted by Crippen LogP contribution is -2.42. The van der Waals surface area contributed by atoms with Crippen LogP contribution >= 0.6 is 0 Å². The van der Waals surface area contributed by atoms with Crippen LogP contribution < -0.4 is 0 Å². The Bertz CT molecular complexity index is 113. The van der Waals surface area contributed by atoms with Crippen LogP contribution in [0, 0.1) is 0 Å². The smallest absolute Gasteiger partial charge is 0.377 e. The first-order valence-electron chi connectivity index (χ1n) is 3.51. The molecule has 0 saturated heterocycles. The quantitative estimate of drug-likeness (QED) is 0.468. The molecule has 0 spiro atoms. The Kier molecular flexibility index (Phi) is 5.40. The van der Waals surface area contributed by atoms with E-state index in [0.29, 0.717) is 0 Å². The molecule has 0 aromatic carbocycles. The van der Waals surface area contributed by atoms with Crippen LogP contribution in [0.25, 0.3) is 0 Å². The summed E-state index contributed by atoms with van der Waals surface area (Å²) in [5.41, 5.74) is 0. The van der Waals surface area contributed by atoms with Crippen LogP contribution in [0.3, 0.4) is 0 Å². The first-order valence-corrected chi connectivity index (χ1v) is 5.44. The van der Waals surface area contributed by atoms with Crippen LogP contribution in [0.15, 0.2) is 12.2 Å². The summed E-state index contributed by atoms with van der Waals surface area (Å²) in [6.07, 6.45) is 3.95. The lowest BCUT2D eigenvalue weighted by Gasteiger charge is -2.22. The molecule has 4 heteroatoms. The minimum Gasteiger partial charge on any atom is -0.377 e. The maximum Gasteiger partial charge on any atom is 0.504 e. The van der Waals surface area contributed by atoms with Crippen molar-refractivity contribution in [3.63, 3.8) is 0 Å². The van der Waals surface area contributed by atoms with Gasteiger partial charge in [0.05, 0.1) is 0 Å². The fourth-order valence-corrected chi connectivity index (χ4v) is 2.29. The number of rotatable bonds is 5. The lowest BCUT2D eigenvalue weighted by atomic mass is 10.6. The van der Waals surface area contributed by atoms with Crippen molar-refractivity contribution in [1.29, 1.82) is 0 Å². The highest BCUT2D eigenvalue weighted by Crippen LogP contribution is 2.12. The maximum absolute atomic E-state index is 5.18. The molecule has 3 nitrogen and oxygen atoms in total. The normalized spacial score (nSPS) is 12.7. The Labute approximate surface area is 69.3 Å². The summed E-state index contributed by atoms with van der Waals surface area (Å²) < 4.78 is 15.5. The Morgan fingerprint density at radius 3 is 1.82 bits per heavy atom. The third-order valence-electron chi connectivity index (χ3n) is 1.54. The van der Waals surface area contributed by atoms with Crippen LogP contribution in [-0.4, -0.2) is 30.1 Å². The van der Waals surface area contributed by atoms with Crippen molar-refractivity contribution in [1.82, 2.24) is 0 Å². The van der Waals surface area contributed by atoms with E-state index in [-0.39, 0.29) is 0 Å². The second-order valence-electron chi connectivity index (χ2n) is 2.07. The molecule has 66 valence electrons. The molecule has 0 unspecified atom stereocenters. The van der Waals surface area contributed by atoms with Gasteiger partial charge >= 0.3 is 8.80 Å². The van der Waals surface area contributed by atoms with Gasteiger partial charge in [-0.15, -0.1) is 0 Å². The van der Waals surface area contributed by atoms with E-state index in [0.717, 1.165) is 6.04 Å². The highest BCUT2D eigenvalue weighted by Gasteiger charge is 2.35. The maximum atomic E-state index is 5.18. The van der Waals surface area contributed by atoms with Gasteiger partial charge in [-0.1, -0.05) is 12.2 Å². The molecular weight excluding hydrogens is 160 g/mol. The van der Waals surface area contributed by atoms with Crippen LogP contribution in [0.2, 0.25) is 6.04 Å². The van der Waals surface area contributed by atoms with Gasteiger partial charge in [0.1, 0.15) is 0 Å². The standard InChI is InChI=1S/C7H16O3Si/c1-5-6-7-11(8-2,9-3)10-4/h5-6H,7H2,1-4H3/b6-5-. The van der Waals surface area contributed by atoms with E-state index in [9.17, 15) is 0 Å². The summed E-state index contributed by atoms with van der Waals surface area (Å²) in [7, 11) is 2.52. The SMILES string of the molecule is C/C=C\C[Si](OC)(OC)OC. The van der Waals surface area contributed by atoms with Crippen LogP contribution in [0.5, 0.6) is 0 Å². The van der Waals surface area contributed by atoms with Crippen molar-refractivity contribution in [2.75, 3.05) is 21.3 Å². The van der Waals surface area contributed by atoms with Gasteiger partial charge in [0.2, 0.25) is 0 Å². The van der Waals surface area contributed by atoms with Gasteiger partial charge in [-0.3, -0.25) is 0 Å². The Hall–Kier alpha value is -0.163. The molecule has 0 radical (unpaired) electrons. The average Bonchev–Trinajstić information content (AvgIpc) is 2.08. The zero-order valence-corrected chi connectivity index (χ0v) is 8.59. The van der Waals surface area contributed by atoms with Crippen LogP contribution in [0.4, 0.5) is 0 Å². The Morgan fingerprint density at radius 2 is 1.55 bits per heavy atom. The Balaban J connectivity index is 4.04. The molecule has 0 aliphatic carbocycles. The summed E-state index contributed by atoms with van der Waals surface area (Å²) in [5.74, 6) is 0. The second kappa shape index (κ2) is 5.48. The molecule has 0 bridgehead atoms. The van der Waals surface area contributed by atoms with E-state index in [1.807, 2.05) is 19.1 Å². The molecule has 0 aromatic heterocycles.